The number of amides is 1. The normalized spacial score (nSPS) is 16.7. The lowest BCUT2D eigenvalue weighted by atomic mass is 9.93. The quantitative estimate of drug-likeness (QED) is 0.539. The number of carbonyl (C=O) groups is 1. The highest BCUT2D eigenvalue weighted by molar-refractivity contribution is 7.98. The minimum atomic E-state index is 0.0997. The first-order valence-corrected chi connectivity index (χ1v) is 12.2. The second-order valence-electron chi connectivity index (χ2n) is 8.09. The van der Waals surface area contributed by atoms with Crippen molar-refractivity contribution in [3.05, 3.63) is 53.6 Å². The van der Waals surface area contributed by atoms with Gasteiger partial charge in [-0.3, -0.25) is 9.69 Å². The molecule has 6 heteroatoms. The molecule has 1 atom stereocenters. The van der Waals surface area contributed by atoms with Gasteiger partial charge in [0, 0.05) is 42.6 Å². The second kappa shape index (κ2) is 12.0. The van der Waals surface area contributed by atoms with Crippen molar-refractivity contribution < 1.29 is 14.3 Å². The number of ether oxygens (including phenoxy) is 2. The number of hydrogen-bond donors (Lipinski definition) is 1. The Morgan fingerprint density at radius 2 is 2.06 bits per heavy atom. The summed E-state index contributed by atoms with van der Waals surface area (Å²) < 4.78 is 10.6. The van der Waals surface area contributed by atoms with E-state index in [2.05, 4.69) is 40.7 Å². The zero-order valence-corrected chi connectivity index (χ0v) is 19.7. The number of piperidine rings is 1. The van der Waals surface area contributed by atoms with Gasteiger partial charge in [-0.1, -0.05) is 12.1 Å². The molecule has 0 aliphatic carbocycles. The third-order valence-electron chi connectivity index (χ3n) is 5.89. The molecule has 0 saturated carbocycles. The molecule has 3 rings (SSSR count). The Balaban J connectivity index is 1.43. The van der Waals surface area contributed by atoms with Crippen molar-refractivity contribution >= 4 is 17.7 Å². The Bertz CT molecular complexity index is 858. The van der Waals surface area contributed by atoms with Gasteiger partial charge in [-0.2, -0.15) is 0 Å². The van der Waals surface area contributed by atoms with Crippen molar-refractivity contribution in [2.24, 2.45) is 5.92 Å². The molecule has 31 heavy (non-hydrogen) atoms. The van der Waals surface area contributed by atoms with Gasteiger partial charge in [0.1, 0.15) is 11.5 Å². The zero-order chi connectivity index (χ0) is 22.1. The lowest BCUT2D eigenvalue weighted by Crippen LogP contribution is -2.35. The second-order valence-corrected chi connectivity index (χ2v) is 8.97. The van der Waals surface area contributed by atoms with Gasteiger partial charge in [-0.15, -0.1) is 11.8 Å². The van der Waals surface area contributed by atoms with Crippen LogP contribution < -0.4 is 14.8 Å². The van der Waals surface area contributed by atoms with Gasteiger partial charge >= 0.3 is 0 Å². The number of rotatable bonds is 10. The van der Waals surface area contributed by atoms with Gasteiger partial charge in [0.25, 0.3) is 0 Å². The highest BCUT2D eigenvalue weighted by Crippen LogP contribution is 2.25. The monoisotopic (exact) mass is 442 g/mol. The zero-order valence-electron chi connectivity index (χ0n) is 18.9. The number of hydrogen-bond acceptors (Lipinski definition) is 5. The predicted octanol–water partition coefficient (Wildman–Crippen LogP) is 4.73. The largest absolute Gasteiger partial charge is 0.497 e. The van der Waals surface area contributed by atoms with Crippen molar-refractivity contribution in [2.45, 2.75) is 43.7 Å². The molecule has 1 heterocycles. The maximum absolute atomic E-state index is 12.4. The molecule has 1 fully saturated rings. The molecule has 0 spiro atoms. The van der Waals surface area contributed by atoms with E-state index in [1.807, 2.05) is 18.2 Å². The number of benzene rings is 2. The van der Waals surface area contributed by atoms with Crippen LogP contribution in [0.2, 0.25) is 0 Å². The predicted molar refractivity (Wildman–Crippen MR) is 127 cm³/mol. The van der Waals surface area contributed by atoms with E-state index in [-0.39, 0.29) is 5.91 Å². The molecule has 1 N–H and O–H groups in total. The van der Waals surface area contributed by atoms with Gasteiger partial charge in [0.15, 0.2) is 0 Å². The van der Waals surface area contributed by atoms with Crippen molar-refractivity contribution in [1.29, 1.82) is 0 Å². The van der Waals surface area contributed by atoms with Crippen LogP contribution in [0.4, 0.5) is 0 Å². The Morgan fingerprint density at radius 1 is 1.19 bits per heavy atom. The Hall–Kier alpha value is -2.18. The highest BCUT2D eigenvalue weighted by Gasteiger charge is 2.21. The molecule has 1 aliphatic rings. The first-order valence-electron chi connectivity index (χ1n) is 10.9. The topological polar surface area (TPSA) is 50.8 Å². The summed E-state index contributed by atoms with van der Waals surface area (Å²) in [6.07, 6.45) is 6.04. The summed E-state index contributed by atoms with van der Waals surface area (Å²) in [5, 5.41) is 3.04. The van der Waals surface area contributed by atoms with Crippen LogP contribution in [0.25, 0.3) is 0 Å². The maximum Gasteiger partial charge on any atom is 0.220 e. The highest BCUT2D eigenvalue weighted by atomic mass is 32.2. The van der Waals surface area contributed by atoms with Crippen LogP contribution in [0.5, 0.6) is 11.5 Å². The van der Waals surface area contributed by atoms with Crippen LogP contribution in [0.3, 0.4) is 0 Å². The van der Waals surface area contributed by atoms with E-state index < -0.39 is 0 Å². The third-order valence-corrected chi connectivity index (χ3v) is 6.62. The lowest BCUT2D eigenvalue weighted by molar-refractivity contribution is -0.121. The summed E-state index contributed by atoms with van der Waals surface area (Å²) in [5.74, 6) is 2.16. The van der Waals surface area contributed by atoms with E-state index >= 15 is 0 Å². The van der Waals surface area contributed by atoms with E-state index in [0.29, 0.717) is 18.9 Å². The molecule has 1 saturated heterocycles. The van der Waals surface area contributed by atoms with E-state index in [1.165, 1.54) is 23.3 Å². The first kappa shape index (κ1) is 23.5. The smallest absolute Gasteiger partial charge is 0.220 e. The van der Waals surface area contributed by atoms with Gasteiger partial charge in [0.05, 0.1) is 14.2 Å². The van der Waals surface area contributed by atoms with E-state index in [9.17, 15) is 4.79 Å². The summed E-state index contributed by atoms with van der Waals surface area (Å²) >= 11 is 1.79. The number of nitrogens with one attached hydrogen (secondary N) is 1. The molecule has 1 amide bonds. The number of nitrogens with zero attached hydrogens (tertiary/aromatic N) is 1. The van der Waals surface area contributed by atoms with E-state index in [0.717, 1.165) is 43.1 Å². The van der Waals surface area contributed by atoms with E-state index in [4.69, 9.17) is 9.47 Å². The van der Waals surface area contributed by atoms with E-state index in [1.54, 1.807) is 26.0 Å². The minimum absolute atomic E-state index is 0.0997. The maximum atomic E-state index is 12.4. The molecular formula is C25H34N2O3S. The minimum Gasteiger partial charge on any atom is -0.497 e. The van der Waals surface area contributed by atoms with Crippen molar-refractivity contribution in [3.8, 4) is 11.5 Å². The molecule has 2 aromatic carbocycles. The lowest BCUT2D eigenvalue weighted by Gasteiger charge is -2.32. The van der Waals surface area contributed by atoms with Crippen LogP contribution in [-0.4, -0.2) is 44.4 Å². The summed E-state index contributed by atoms with van der Waals surface area (Å²) in [5.41, 5.74) is 2.33. The first-order chi connectivity index (χ1) is 15.1. The fraction of sp³-hybridized carbons (Fsp3) is 0.480. The average Bonchev–Trinajstić information content (AvgIpc) is 2.81. The van der Waals surface area contributed by atoms with Crippen molar-refractivity contribution in [3.63, 3.8) is 0 Å². The fourth-order valence-electron chi connectivity index (χ4n) is 4.17. The third kappa shape index (κ3) is 7.18. The Kier molecular flexibility index (Phi) is 9.10. The summed E-state index contributed by atoms with van der Waals surface area (Å²) in [6, 6.07) is 14.5. The van der Waals surface area contributed by atoms with Gasteiger partial charge in [0.2, 0.25) is 5.91 Å². The molecule has 0 unspecified atom stereocenters. The Morgan fingerprint density at radius 3 is 2.84 bits per heavy atom. The Labute approximate surface area is 190 Å². The van der Waals surface area contributed by atoms with Gasteiger partial charge in [-0.05, 0) is 67.8 Å². The molecule has 0 radical (unpaired) electrons. The summed E-state index contributed by atoms with van der Waals surface area (Å²) in [4.78, 5) is 16.3. The fourth-order valence-corrected chi connectivity index (χ4v) is 4.66. The summed E-state index contributed by atoms with van der Waals surface area (Å²) in [6.45, 7) is 3.68. The number of methoxy groups -OCH3 is 2. The van der Waals surface area contributed by atoms with Crippen molar-refractivity contribution in [1.82, 2.24) is 10.2 Å². The van der Waals surface area contributed by atoms with Crippen LogP contribution in [0.15, 0.2) is 47.4 Å². The van der Waals surface area contributed by atoms with Gasteiger partial charge in [-0.25, -0.2) is 0 Å². The summed E-state index contributed by atoms with van der Waals surface area (Å²) in [7, 11) is 3.26. The SMILES string of the molecule is COc1ccc(CNC(=O)CC[C@@H]2CCCN(Cc3cccc(SC)c3)C2)c(OC)c1. The van der Waals surface area contributed by atoms with Crippen LogP contribution in [-0.2, 0) is 17.9 Å². The molecule has 2 aromatic rings. The molecular weight excluding hydrogens is 408 g/mol. The number of likely N-dealkylation sites (tertiary alicyclic amines) is 1. The molecule has 168 valence electrons. The molecule has 1 aliphatic heterocycles. The molecule has 5 nitrogen and oxygen atoms in total. The van der Waals surface area contributed by atoms with Crippen LogP contribution in [0.1, 0.15) is 36.8 Å². The van der Waals surface area contributed by atoms with Gasteiger partial charge < -0.3 is 14.8 Å². The van der Waals surface area contributed by atoms with Crippen molar-refractivity contribution in [2.75, 3.05) is 33.6 Å². The molecule has 0 bridgehead atoms. The number of thioether (sulfide) groups is 1. The average molecular weight is 443 g/mol. The number of carbonyl (C=O) groups excluding carboxylic acids is 1. The standard InChI is InChI=1S/C25H34N2O3S/c1-29-22-11-10-21(24(15-22)30-2)16-26-25(28)12-9-19-7-5-13-27(17-19)18-20-6-4-8-23(14-20)31-3/h4,6,8,10-11,14-15,19H,5,7,9,12-13,16-18H2,1-3H3,(H,26,28)/t19-/m0/s1. The van der Waals surface area contributed by atoms with Crippen LogP contribution in [0, 0.1) is 5.92 Å². The van der Waals surface area contributed by atoms with Crippen LogP contribution >= 0.6 is 11.8 Å². The molecule has 0 aromatic heterocycles.